The van der Waals surface area contributed by atoms with Crippen molar-refractivity contribution in [1.29, 1.82) is 0 Å². The normalized spacial score (nSPS) is 14.4. The third-order valence-electron chi connectivity index (χ3n) is 4.93. The van der Waals surface area contributed by atoms with Gasteiger partial charge < -0.3 is 19.2 Å². The molecule has 7 heteroatoms. The molecule has 0 fully saturated rings. The van der Waals surface area contributed by atoms with Crippen molar-refractivity contribution in [2.24, 2.45) is 0 Å². The second-order valence-electron chi connectivity index (χ2n) is 8.20. The van der Waals surface area contributed by atoms with E-state index in [9.17, 15) is 9.59 Å². The number of benzene rings is 1. The Kier molecular flexibility index (Phi) is 8.91. The molecule has 6 nitrogen and oxygen atoms in total. The van der Waals surface area contributed by atoms with Crippen LogP contribution in [0.2, 0.25) is 18.1 Å². The topological polar surface area (TPSA) is 73.9 Å². The maximum absolute atomic E-state index is 12.3. The largest absolute Gasteiger partial charge is 0.466 e. The van der Waals surface area contributed by atoms with E-state index >= 15 is 0 Å². The van der Waals surface area contributed by atoms with Crippen LogP contribution in [0.15, 0.2) is 42.5 Å². The summed E-state index contributed by atoms with van der Waals surface area (Å²) in [5.41, 5.74) is 0.893. The van der Waals surface area contributed by atoms with Crippen molar-refractivity contribution in [3.05, 3.63) is 48.0 Å². The van der Waals surface area contributed by atoms with Gasteiger partial charge in [-0.2, -0.15) is 0 Å². The van der Waals surface area contributed by atoms with E-state index in [4.69, 9.17) is 9.16 Å². The number of esters is 1. The summed E-state index contributed by atoms with van der Waals surface area (Å²) in [6.45, 7) is 12.8. The van der Waals surface area contributed by atoms with Crippen LogP contribution in [0.25, 0.3) is 0 Å². The first kappa shape index (κ1) is 23.9. The average molecular weight is 408 g/mol. The number of amides is 1. The minimum Gasteiger partial charge on any atom is -0.466 e. The molecule has 0 radical (unpaired) electrons. The number of hydrogen-bond donors (Lipinski definition) is 1. The van der Waals surface area contributed by atoms with Crippen molar-refractivity contribution in [3.8, 4) is 0 Å². The molecule has 1 rings (SSSR count). The van der Waals surface area contributed by atoms with E-state index in [1.54, 1.807) is 6.08 Å². The minimum atomic E-state index is -2.06. The second-order valence-corrected chi connectivity index (χ2v) is 13.0. The van der Waals surface area contributed by atoms with Gasteiger partial charge in [0, 0.05) is 6.08 Å². The molecule has 1 aromatic rings. The predicted octanol–water partition coefficient (Wildman–Crippen LogP) is 4.42. The number of hydrogen-bond acceptors (Lipinski definition) is 5. The zero-order valence-electron chi connectivity index (χ0n) is 17.9. The molecule has 0 aromatic heterocycles. The smallest absolute Gasteiger partial charge is 0.408 e. The highest BCUT2D eigenvalue weighted by molar-refractivity contribution is 6.74. The van der Waals surface area contributed by atoms with Crippen molar-refractivity contribution in [2.75, 3.05) is 7.11 Å². The van der Waals surface area contributed by atoms with Gasteiger partial charge in [-0.1, -0.05) is 57.2 Å². The quantitative estimate of drug-likeness (QED) is 0.392. The Bertz CT molecular complexity index is 667. The van der Waals surface area contributed by atoms with E-state index in [1.807, 2.05) is 37.3 Å². The van der Waals surface area contributed by atoms with Gasteiger partial charge in [0.2, 0.25) is 0 Å². The predicted molar refractivity (Wildman–Crippen MR) is 112 cm³/mol. The van der Waals surface area contributed by atoms with Gasteiger partial charge in [0.05, 0.1) is 19.3 Å². The summed E-state index contributed by atoms with van der Waals surface area (Å²) in [6.07, 6.45) is 1.95. The van der Waals surface area contributed by atoms with Gasteiger partial charge in [-0.25, -0.2) is 9.59 Å². The number of rotatable bonds is 8. The maximum Gasteiger partial charge on any atom is 0.408 e. The molecule has 0 aliphatic rings. The van der Waals surface area contributed by atoms with Crippen LogP contribution in [0.1, 0.15) is 33.3 Å². The van der Waals surface area contributed by atoms with Crippen LogP contribution in [0.5, 0.6) is 0 Å². The Labute approximate surface area is 169 Å². The lowest BCUT2D eigenvalue weighted by Crippen LogP contribution is -2.50. The molecule has 1 aromatic carbocycles. The van der Waals surface area contributed by atoms with E-state index < -0.39 is 26.4 Å². The molecule has 0 unspecified atom stereocenters. The number of ether oxygens (including phenoxy) is 2. The molecule has 1 amide bonds. The van der Waals surface area contributed by atoms with Gasteiger partial charge in [0.15, 0.2) is 8.32 Å². The number of carbonyl (C=O) groups is 2. The Morgan fingerprint density at radius 1 is 1.18 bits per heavy atom. The van der Waals surface area contributed by atoms with Crippen LogP contribution in [0.3, 0.4) is 0 Å². The van der Waals surface area contributed by atoms with Crippen molar-refractivity contribution in [2.45, 2.75) is 64.6 Å². The molecule has 0 saturated carbocycles. The molecule has 0 aliphatic heterocycles. The van der Waals surface area contributed by atoms with Gasteiger partial charge in [0.25, 0.3) is 0 Å². The number of methoxy groups -OCH3 is 1. The number of alkyl carbamates (subject to hydrolysis) is 1. The fourth-order valence-corrected chi connectivity index (χ4v) is 3.62. The average Bonchev–Trinajstić information content (AvgIpc) is 2.62. The summed E-state index contributed by atoms with van der Waals surface area (Å²) >= 11 is 0. The molecule has 0 spiro atoms. The fourth-order valence-electron chi connectivity index (χ4n) is 2.19. The highest BCUT2D eigenvalue weighted by atomic mass is 28.4. The molecule has 1 N–H and O–H groups in total. The second kappa shape index (κ2) is 10.4. The van der Waals surface area contributed by atoms with Crippen LogP contribution in [0, 0.1) is 0 Å². The third-order valence-corrected chi connectivity index (χ3v) is 9.50. The van der Waals surface area contributed by atoms with Gasteiger partial charge in [-0.15, -0.1) is 0 Å². The molecular formula is C21H33NO5Si. The van der Waals surface area contributed by atoms with E-state index in [2.05, 4.69) is 43.9 Å². The van der Waals surface area contributed by atoms with Crippen molar-refractivity contribution in [3.63, 3.8) is 0 Å². The third kappa shape index (κ3) is 7.86. The summed E-state index contributed by atoms with van der Waals surface area (Å²) in [7, 11) is -0.755. The minimum absolute atomic E-state index is 0.0195. The first-order valence-electron chi connectivity index (χ1n) is 9.37. The molecule has 156 valence electrons. The van der Waals surface area contributed by atoms with Crippen LogP contribution < -0.4 is 5.32 Å². The van der Waals surface area contributed by atoms with E-state index in [0.717, 1.165) is 5.56 Å². The lowest BCUT2D eigenvalue weighted by molar-refractivity contribution is -0.134. The molecule has 0 aliphatic carbocycles. The van der Waals surface area contributed by atoms with Gasteiger partial charge >= 0.3 is 12.1 Å². The Morgan fingerprint density at radius 2 is 1.79 bits per heavy atom. The van der Waals surface area contributed by atoms with E-state index in [-0.39, 0.29) is 17.7 Å². The molecule has 2 atom stereocenters. The molecule has 0 bridgehead atoms. The van der Waals surface area contributed by atoms with Crippen LogP contribution in [0.4, 0.5) is 4.79 Å². The fraction of sp³-hybridized carbons (Fsp3) is 0.524. The molecular weight excluding hydrogens is 374 g/mol. The highest BCUT2D eigenvalue weighted by Gasteiger charge is 2.39. The van der Waals surface area contributed by atoms with Crippen molar-refractivity contribution >= 4 is 20.4 Å². The lowest BCUT2D eigenvalue weighted by atomic mass is 10.1. The maximum atomic E-state index is 12.3. The van der Waals surface area contributed by atoms with E-state index in [0.29, 0.717) is 0 Å². The first-order chi connectivity index (χ1) is 13.0. The number of carbonyl (C=O) groups excluding carboxylic acids is 2. The SMILES string of the molecule is COC(=O)/C=C\[C@H](NC(=O)OCc1ccccc1)[C@@H](C)O[Si](C)(C)C(C)(C)C. The molecule has 0 saturated heterocycles. The standard InChI is InChI=1S/C21H33NO5Si/c1-16(27-28(6,7)21(2,3)4)18(13-14-19(23)25-5)22-20(24)26-15-17-11-9-8-10-12-17/h8-14,16,18H,15H2,1-7H3,(H,22,24)/b14-13-/t16-,18+/m1/s1. The van der Waals surface area contributed by atoms with Crippen LogP contribution in [-0.2, 0) is 25.3 Å². The Morgan fingerprint density at radius 3 is 2.32 bits per heavy atom. The van der Waals surface area contributed by atoms with Gasteiger partial charge in [-0.05, 0) is 30.6 Å². The summed E-state index contributed by atoms with van der Waals surface area (Å²) in [6, 6.07) is 8.89. The van der Waals surface area contributed by atoms with Gasteiger partial charge in [0.1, 0.15) is 6.61 Å². The number of nitrogens with one attached hydrogen (secondary N) is 1. The summed E-state index contributed by atoms with van der Waals surface area (Å²) in [4.78, 5) is 23.8. The summed E-state index contributed by atoms with van der Waals surface area (Å²) in [5.74, 6) is -0.496. The lowest BCUT2D eigenvalue weighted by Gasteiger charge is -2.40. The zero-order chi connectivity index (χ0) is 21.4. The Balaban J connectivity index is 2.82. The van der Waals surface area contributed by atoms with Crippen molar-refractivity contribution in [1.82, 2.24) is 5.32 Å². The first-order valence-corrected chi connectivity index (χ1v) is 12.3. The van der Waals surface area contributed by atoms with Gasteiger partial charge in [-0.3, -0.25) is 0 Å². The zero-order valence-corrected chi connectivity index (χ0v) is 18.9. The molecule has 0 heterocycles. The summed E-state index contributed by atoms with van der Waals surface area (Å²) < 4.78 is 16.3. The van der Waals surface area contributed by atoms with Crippen LogP contribution >= 0.6 is 0 Å². The van der Waals surface area contributed by atoms with Crippen LogP contribution in [-0.4, -0.2) is 39.6 Å². The monoisotopic (exact) mass is 407 g/mol. The van der Waals surface area contributed by atoms with Crippen molar-refractivity contribution < 1.29 is 23.5 Å². The Hall–Kier alpha value is -2.12. The highest BCUT2D eigenvalue weighted by Crippen LogP contribution is 2.37. The molecule has 28 heavy (non-hydrogen) atoms. The van der Waals surface area contributed by atoms with E-state index in [1.165, 1.54) is 13.2 Å². The summed E-state index contributed by atoms with van der Waals surface area (Å²) in [5, 5.41) is 2.80.